The van der Waals surface area contributed by atoms with E-state index in [0.29, 0.717) is 28.0 Å². The molecule has 0 aliphatic carbocycles. The Balaban J connectivity index is 2.06. The van der Waals surface area contributed by atoms with Crippen molar-refractivity contribution in [2.45, 2.75) is 0 Å². The minimum absolute atomic E-state index is 0.347. The zero-order valence-electron chi connectivity index (χ0n) is 10.8. The van der Waals surface area contributed by atoms with E-state index in [1.807, 2.05) is 31.1 Å². The van der Waals surface area contributed by atoms with Gasteiger partial charge in [0.25, 0.3) is 0 Å². The minimum atomic E-state index is 0.347. The number of hydrogen-bond acceptors (Lipinski definition) is 7. The van der Waals surface area contributed by atoms with Gasteiger partial charge in [-0.15, -0.1) is 0 Å². The Morgan fingerprint density at radius 1 is 1.15 bits per heavy atom. The second kappa shape index (κ2) is 4.93. The fourth-order valence-electron chi connectivity index (χ4n) is 1.73. The fourth-order valence-corrected chi connectivity index (χ4v) is 1.92. The molecule has 0 saturated heterocycles. The number of anilines is 3. The smallest absolute Gasteiger partial charge is 0.245 e. The summed E-state index contributed by atoms with van der Waals surface area (Å²) in [6, 6.07) is 7.34. The Bertz CT molecular complexity index is 757. The number of hydrogen-bond donors (Lipinski definition) is 1. The maximum Gasteiger partial charge on any atom is 0.245 e. The Morgan fingerprint density at radius 3 is 2.60 bits per heavy atom. The van der Waals surface area contributed by atoms with Crippen LogP contribution in [0, 0.1) is 0 Å². The highest BCUT2D eigenvalue weighted by Gasteiger charge is 2.14. The molecule has 0 atom stereocenters. The van der Waals surface area contributed by atoms with Gasteiger partial charge in [-0.05, 0) is 28.5 Å². The van der Waals surface area contributed by atoms with Gasteiger partial charge in [0, 0.05) is 24.8 Å². The molecule has 2 aromatic heterocycles. The fraction of sp³-hybridized carbons (Fsp3) is 0.167. The number of nitrogens with zero attached hydrogens (tertiary/aromatic N) is 5. The Labute approximate surface area is 119 Å². The molecule has 1 N–H and O–H groups in total. The van der Waals surface area contributed by atoms with Gasteiger partial charge in [-0.3, -0.25) is 0 Å². The van der Waals surface area contributed by atoms with E-state index >= 15 is 0 Å². The van der Waals surface area contributed by atoms with Gasteiger partial charge in [0.05, 0.1) is 0 Å². The predicted octanol–water partition coefficient (Wildman–Crippen LogP) is 2.48. The first-order valence-corrected chi connectivity index (χ1v) is 6.21. The normalized spacial score (nSPS) is 10.8. The maximum absolute atomic E-state index is 5.97. The molecule has 3 aromatic rings. The van der Waals surface area contributed by atoms with Crippen LogP contribution < -0.4 is 10.2 Å². The molecule has 0 fully saturated rings. The topological polar surface area (TPSA) is 80.0 Å². The molecule has 8 heteroatoms. The summed E-state index contributed by atoms with van der Waals surface area (Å²) in [4.78, 5) is 10.5. The standard InChI is InChI=1S/C12H11ClN6O/c1-19(2)12-11(14-8-5-3-4-7(13)6-8)15-9-10(16-12)18-20-17-9/h3-6H,1-2H3,(H,14,15,17). The number of nitrogens with one attached hydrogen (secondary N) is 1. The minimum Gasteiger partial charge on any atom is -0.360 e. The summed E-state index contributed by atoms with van der Waals surface area (Å²) in [6.45, 7) is 0. The van der Waals surface area contributed by atoms with E-state index in [-0.39, 0.29) is 0 Å². The lowest BCUT2D eigenvalue weighted by atomic mass is 10.3. The van der Waals surface area contributed by atoms with Gasteiger partial charge in [-0.25, -0.2) is 14.6 Å². The molecular weight excluding hydrogens is 280 g/mol. The Kier molecular flexibility index (Phi) is 3.11. The molecule has 0 radical (unpaired) electrons. The van der Waals surface area contributed by atoms with Crippen LogP contribution in [0.25, 0.3) is 11.3 Å². The van der Waals surface area contributed by atoms with E-state index in [2.05, 4.69) is 30.2 Å². The third-order valence-corrected chi connectivity index (χ3v) is 2.84. The zero-order chi connectivity index (χ0) is 14.1. The van der Waals surface area contributed by atoms with Crippen LogP contribution in [-0.2, 0) is 0 Å². The summed E-state index contributed by atoms with van der Waals surface area (Å²) in [7, 11) is 3.74. The highest BCUT2D eigenvalue weighted by Crippen LogP contribution is 2.26. The third kappa shape index (κ3) is 2.35. The summed E-state index contributed by atoms with van der Waals surface area (Å²) in [5, 5.41) is 11.2. The van der Waals surface area contributed by atoms with Gasteiger partial charge < -0.3 is 10.2 Å². The third-order valence-electron chi connectivity index (χ3n) is 2.61. The van der Waals surface area contributed by atoms with Crippen LogP contribution >= 0.6 is 11.6 Å². The van der Waals surface area contributed by atoms with Gasteiger partial charge in [-0.1, -0.05) is 17.7 Å². The van der Waals surface area contributed by atoms with Crippen LogP contribution in [0.3, 0.4) is 0 Å². The van der Waals surface area contributed by atoms with Gasteiger partial charge in [-0.2, -0.15) is 0 Å². The average Bonchev–Trinajstić information content (AvgIpc) is 2.84. The van der Waals surface area contributed by atoms with Crippen molar-refractivity contribution in [3.05, 3.63) is 29.3 Å². The van der Waals surface area contributed by atoms with Gasteiger partial charge in [0.1, 0.15) is 0 Å². The summed E-state index contributed by atoms with van der Waals surface area (Å²) in [6.07, 6.45) is 0. The van der Waals surface area contributed by atoms with Crippen LogP contribution in [0.15, 0.2) is 28.9 Å². The summed E-state index contributed by atoms with van der Waals surface area (Å²) >= 11 is 5.97. The molecule has 0 saturated carbocycles. The van der Waals surface area contributed by atoms with Crippen molar-refractivity contribution in [3.63, 3.8) is 0 Å². The Morgan fingerprint density at radius 2 is 1.90 bits per heavy atom. The molecule has 102 valence electrons. The maximum atomic E-state index is 5.97. The molecule has 0 bridgehead atoms. The first-order chi connectivity index (χ1) is 9.63. The lowest BCUT2D eigenvalue weighted by Crippen LogP contribution is -2.14. The molecule has 0 aliphatic rings. The van der Waals surface area contributed by atoms with Gasteiger partial charge >= 0.3 is 0 Å². The lowest BCUT2D eigenvalue weighted by molar-refractivity contribution is 0.314. The SMILES string of the molecule is CN(C)c1nc2nonc2nc1Nc1cccc(Cl)c1. The number of fused-ring (bicyclic) bond motifs is 1. The van der Waals surface area contributed by atoms with E-state index in [1.54, 1.807) is 12.1 Å². The summed E-state index contributed by atoms with van der Waals surface area (Å²) in [5.41, 5.74) is 1.52. The van der Waals surface area contributed by atoms with Crippen LogP contribution in [0.2, 0.25) is 5.02 Å². The molecule has 0 amide bonds. The number of aromatic nitrogens is 4. The molecule has 1 aromatic carbocycles. The molecule has 7 nitrogen and oxygen atoms in total. The van der Waals surface area contributed by atoms with E-state index in [1.165, 1.54) is 0 Å². The highest BCUT2D eigenvalue weighted by molar-refractivity contribution is 6.30. The van der Waals surface area contributed by atoms with Crippen molar-refractivity contribution in [2.75, 3.05) is 24.3 Å². The first kappa shape index (κ1) is 12.6. The van der Waals surface area contributed by atoms with E-state index in [9.17, 15) is 0 Å². The van der Waals surface area contributed by atoms with Crippen LogP contribution in [0.1, 0.15) is 0 Å². The summed E-state index contributed by atoms with van der Waals surface area (Å²) < 4.78 is 4.63. The van der Waals surface area contributed by atoms with Gasteiger partial charge in [0.15, 0.2) is 11.6 Å². The molecule has 0 aliphatic heterocycles. The second-order valence-corrected chi connectivity index (χ2v) is 4.77. The molecule has 2 heterocycles. The quantitative estimate of drug-likeness (QED) is 0.793. The first-order valence-electron chi connectivity index (χ1n) is 5.84. The van der Waals surface area contributed by atoms with Crippen molar-refractivity contribution < 1.29 is 4.63 Å². The van der Waals surface area contributed by atoms with Crippen LogP contribution in [0.4, 0.5) is 17.3 Å². The Hall–Kier alpha value is -2.41. The van der Waals surface area contributed by atoms with Crippen molar-refractivity contribution in [1.29, 1.82) is 0 Å². The van der Waals surface area contributed by atoms with Crippen LogP contribution in [-0.4, -0.2) is 34.4 Å². The largest absolute Gasteiger partial charge is 0.360 e. The molecule has 0 spiro atoms. The van der Waals surface area contributed by atoms with Crippen molar-refractivity contribution >= 4 is 40.2 Å². The number of rotatable bonds is 3. The molecular formula is C12H11ClN6O. The second-order valence-electron chi connectivity index (χ2n) is 4.34. The molecule has 3 rings (SSSR count). The zero-order valence-corrected chi connectivity index (χ0v) is 11.6. The van der Waals surface area contributed by atoms with E-state index < -0.39 is 0 Å². The van der Waals surface area contributed by atoms with E-state index in [4.69, 9.17) is 11.6 Å². The lowest BCUT2D eigenvalue weighted by Gasteiger charge is -2.15. The average molecular weight is 291 g/mol. The predicted molar refractivity (Wildman–Crippen MR) is 76.5 cm³/mol. The highest BCUT2D eigenvalue weighted by atomic mass is 35.5. The molecule has 0 unspecified atom stereocenters. The van der Waals surface area contributed by atoms with Crippen molar-refractivity contribution in [3.8, 4) is 0 Å². The number of halogens is 1. The monoisotopic (exact) mass is 290 g/mol. The van der Waals surface area contributed by atoms with Gasteiger partial charge in [0.2, 0.25) is 11.3 Å². The van der Waals surface area contributed by atoms with E-state index in [0.717, 1.165) is 5.69 Å². The molecule has 20 heavy (non-hydrogen) atoms. The van der Waals surface area contributed by atoms with Crippen molar-refractivity contribution in [2.24, 2.45) is 0 Å². The van der Waals surface area contributed by atoms with Crippen molar-refractivity contribution in [1.82, 2.24) is 20.3 Å². The van der Waals surface area contributed by atoms with Crippen LogP contribution in [0.5, 0.6) is 0 Å². The number of benzene rings is 1. The summed E-state index contributed by atoms with van der Waals surface area (Å²) in [5.74, 6) is 1.19.